The first kappa shape index (κ1) is 14.8. The molecule has 0 spiro atoms. The Morgan fingerprint density at radius 3 is 2.96 bits per heavy atom. The van der Waals surface area contributed by atoms with Crippen LogP contribution in [0.15, 0.2) is 42.6 Å². The minimum Gasteiger partial charge on any atom is -0.366 e. The van der Waals surface area contributed by atoms with E-state index in [-0.39, 0.29) is 5.82 Å². The number of benzene rings is 1. The first-order valence-electron chi connectivity index (χ1n) is 7.58. The average Bonchev–Trinajstić information content (AvgIpc) is 3.05. The van der Waals surface area contributed by atoms with Crippen LogP contribution in [-0.2, 0) is 13.0 Å². The number of pyridine rings is 1. The number of halogens is 1. The van der Waals surface area contributed by atoms with Gasteiger partial charge in [-0.1, -0.05) is 6.07 Å². The maximum Gasteiger partial charge on any atom is 0.142 e. The van der Waals surface area contributed by atoms with E-state index in [2.05, 4.69) is 9.88 Å². The molecule has 0 unspecified atom stereocenters. The number of hydrogen-bond acceptors (Lipinski definition) is 5. The lowest BCUT2D eigenvalue weighted by molar-refractivity contribution is 0.624. The van der Waals surface area contributed by atoms with Crippen LogP contribution in [0.5, 0.6) is 0 Å². The summed E-state index contributed by atoms with van der Waals surface area (Å²) in [6, 6.07) is 12.3. The standard InChI is InChI=1S/C18H13FN4S/c19-13-7-12(10-20)8-14(9-13)23-6-4-15-17(11-23)24-18(22-15)16-3-1-2-5-21-16/h1-3,5,7-9H,4,6,11H2. The largest absolute Gasteiger partial charge is 0.366 e. The van der Waals surface area contributed by atoms with Crippen LogP contribution in [0.1, 0.15) is 16.1 Å². The molecule has 4 rings (SSSR count). The molecule has 6 heteroatoms. The highest BCUT2D eigenvalue weighted by atomic mass is 32.1. The Morgan fingerprint density at radius 2 is 2.17 bits per heavy atom. The van der Waals surface area contributed by atoms with Gasteiger partial charge in [-0.3, -0.25) is 4.98 Å². The van der Waals surface area contributed by atoms with Crippen molar-refractivity contribution >= 4 is 17.0 Å². The molecule has 1 aliphatic rings. The first-order chi connectivity index (χ1) is 11.7. The molecule has 0 saturated carbocycles. The SMILES string of the molecule is N#Cc1cc(F)cc(N2CCc3nc(-c4ccccn4)sc3C2)c1. The molecule has 1 aliphatic heterocycles. The van der Waals surface area contributed by atoms with Gasteiger partial charge in [-0.05, 0) is 30.3 Å². The topological polar surface area (TPSA) is 52.8 Å². The van der Waals surface area contributed by atoms with E-state index in [1.54, 1.807) is 23.6 Å². The first-order valence-corrected chi connectivity index (χ1v) is 8.40. The number of thiazole rings is 1. The third kappa shape index (κ3) is 2.74. The summed E-state index contributed by atoms with van der Waals surface area (Å²) in [5.41, 5.74) is 3.05. The molecule has 2 aromatic heterocycles. The molecule has 0 bridgehead atoms. The van der Waals surface area contributed by atoms with Crippen molar-refractivity contribution in [2.45, 2.75) is 13.0 Å². The van der Waals surface area contributed by atoms with Crippen LogP contribution >= 0.6 is 11.3 Å². The zero-order chi connectivity index (χ0) is 16.5. The lowest BCUT2D eigenvalue weighted by Gasteiger charge is -2.28. The predicted octanol–water partition coefficient (Wildman–Crippen LogP) is 3.78. The molecule has 1 aromatic carbocycles. The van der Waals surface area contributed by atoms with Crippen LogP contribution in [0.25, 0.3) is 10.7 Å². The van der Waals surface area contributed by atoms with E-state index in [1.165, 1.54) is 17.0 Å². The zero-order valence-electron chi connectivity index (χ0n) is 12.7. The van der Waals surface area contributed by atoms with Crippen molar-refractivity contribution in [1.82, 2.24) is 9.97 Å². The summed E-state index contributed by atoms with van der Waals surface area (Å²) >= 11 is 1.63. The van der Waals surface area contributed by atoms with Crippen molar-refractivity contribution in [1.29, 1.82) is 5.26 Å². The van der Waals surface area contributed by atoms with Gasteiger partial charge < -0.3 is 4.90 Å². The van der Waals surface area contributed by atoms with E-state index in [1.807, 2.05) is 24.3 Å². The Balaban J connectivity index is 1.64. The lowest BCUT2D eigenvalue weighted by Crippen LogP contribution is -2.29. The second-order valence-corrected chi connectivity index (χ2v) is 6.67. The fourth-order valence-electron chi connectivity index (χ4n) is 2.84. The molecule has 0 N–H and O–H groups in total. The molecule has 3 aromatic rings. The van der Waals surface area contributed by atoms with Crippen molar-refractivity contribution in [3.05, 3.63) is 64.5 Å². The fraction of sp³-hybridized carbons (Fsp3) is 0.167. The van der Waals surface area contributed by atoms with Gasteiger partial charge in [0.15, 0.2) is 0 Å². The quantitative estimate of drug-likeness (QED) is 0.715. The van der Waals surface area contributed by atoms with Gasteiger partial charge in [0.25, 0.3) is 0 Å². The number of fused-ring (bicyclic) bond motifs is 1. The molecule has 3 heterocycles. The van der Waals surface area contributed by atoms with E-state index in [0.29, 0.717) is 12.1 Å². The van der Waals surface area contributed by atoms with Crippen molar-refractivity contribution in [3.63, 3.8) is 0 Å². The minimum absolute atomic E-state index is 0.342. The highest BCUT2D eigenvalue weighted by molar-refractivity contribution is 7.15. The van der Waals surface area contributed by atoms with Gasteiger partial charge in [-0.2, -0.15) is 5.26 Å². The third-order valence-electron chi connectivity index (χ3n) is 3.99. The summed E-state index contributed by atoms with van der Waals surface area (Å²) in [6.07, 6.45) is 2.56. The number of hydrogen-bond donors (Lipinski definition) is 0. The van der Waals surface area contributed by atoms with Crippen LogP contribution in [0.4, 0.5) is 10.1 Å². The normalized spacial score (nSPS) is 13.4. The Bertz CT molecular complexity index is 930. The van der Waals surface area contributed by atoms with Gasteiger partial charge in [0.1, 0.15) is 10.8 Å². The van der Waals surface area contributed by atoms with Crippen LogP contribution in [-0.4, -0.2) is 16.5 Å². The monoisotopic (exact) mass is 336 g/mol. The van der Waals surface area contributed by atoms with Gasteiger partial charge in [-0.15, -0.1) is 11.3 Å². The third-order valence-corrected chi connectivity index (χ3v) is 5.10. The smallest absolute Gasteiger partial charge is 0.142 e. The molecule has 4 nitrogen and oxygen atoms in total. The average molecular weight is 336 g/mol. The lowest BCUT2D eigenvalue weighted by atomic mass is 10.1. The number of anilines is 1. The van der Waals surface area contributed by atoms with Gasteiger partial charge in [-0.25, -0.2) is 9.37 Å². The zero-order valence-corrected chi connectivity index (χ0v) is 13.6. The minimum atomic E-state index is -0.381. The predicted molar refractivity (Wildman–Crippen MR) is 91.2 cm³/mol. The molecule has 0 saturated heterocycles. The van der Waals surface area contributed by atoms with Crippen LogP contribution in [0, 0.1) is 17.1 Å². The Hall–Kier alpha value is -2.78. The number of nitriles is 1. The summed E-state index contributed by atoms with van der Waals surface area (Å²) in [6.45, 7) is 1.43. The molecular formula is C18H13FN4S. The van der Waals surface area contributed by atoms with Crippen LogP contribution < -0.4 is 4.90 Å². The second-order valence-electron chi connectivity index (χ2n) is 5.59. The summed E-state index contributed by atoms with van der Waals surface area (Å²) in [4.78, 5) is 12.3. The van der Waals surface area contributed by atoms with E-state index < -0.39 is 0 Å². The number of rotatable bonds is 2. The summed E-state index contributed by atoms with van der Waals surface area (Å²) in [7, 11) is 0. The molecule has 0 fully saturated rings. The van der Waals surface area contributed by atoms with Gasteiger partial charge in [0, 0.05) is 29.7 Å². The van der Waals surface area contributed by atoms with Crippen molar-refractivity contribution < 1.29 is 4.39 Å². The number of aromatic nitrogens is 2. The van der Waals surface area contributed by atoms with Gasteiger partial charge in [0.05, 0.1) is 29.6 Å². The van der Waals surface area contributed by atoms with Crippen LogP contribution in [0.2, 0.25) is 0 Å². The molecule has 118 valence electrons. The summed E-state index contributed by atoms with van der Waals surface area (Å²) in [5, 5.41) is 9.94. The molecule has 0 atom stereocenters. The van der Waals surface area contributed by atoms with Crippen molar-refractivity contribution in [3.8, 4) is 16.8 Å². The van der Waals surface area contributed by atoms with E-state index >= 15 is 0 Å². The van der Waals surface area contributed by atoms with Crippen LogP contribution in [0.3, 0.4) is 0 Å². The van der Waals surface area contributed by atoms with Crippen molar-refractivity contribution in [2.75, 3.05) is 11.4 Å². The van der Waals surface area contributed by atoms with Gasteiger partial charge in [0.2, 0.25) is 0 Å². The van der Waals surface area contributed by atoms with Crippen molar-refractivity contribution in [2.24, 2.45) is 0 Å². The highest BCUT2D eigenvalue weighted by Crippen LogP contribution is 2.32. The number of nitrogens with zero attached hydrogens (tertiary/aromatic N) is 4. The second kappa shape index (κ2) is 6.02. The van der Waals surface area contributed by atoms with E-state index in [9.17, 15) is 4.39 Å². The Morgan fingerprint density at radius 1 is 1.25 bits per heavy atom. The Kier molecular flexibility index (Phi) is 3.71. The fourth-order valence-corrected chi connectivity index (χ4v) is 3.94. The molecule has 0 amide bonds. The van der Waals surface area contributed by atoms with E-state index in [0.717, 1.165) is 35.0 Å². The summed E-state index contributed by atoms with van der Waals surface area (Å²) < 4.78 is 13.7. The molecule has 24 heavy (non-hydrogen) atoms. The molecule has 0 aliphatic carbocycles. The molecular weight excluding hydrogens is 323 g/mol. The maximum absolute atomic E-state index is 13.7. The Labute approximate surface area is 142 Å². The highest BCUT2D eigenvalue weighted by Gasteiger charge is 2.22. The van der Waals surface area contributed by atoms with Gasteiger partial charge >= 0.3 is 0 Å². The maximum atomic E-state index is 13.7. The molecule has 0 radical (unpaired) electrons. The summed E-state index contributed by atoms with van der Waals surface area (Å²) in [5.74, 6) is -0.381. The van der Waals surface area contributed by atoms with E-state index in [4.69, 9.17) is 10.2 Å².